The van der Waals surface area contributed by atoms with Gasteiger partial charge in [0.2, 0.25) is 0 Å². The van der Waals surface area contributed by atoms with Crippen molar-refractivity contribution in [1.29, 1.82) is 0 Å². The minimum Gasteiger partial charge on any atom is -0.508 e. The van der Waals surface area contributed by atoms with Crippen LogP contribution in [0.15, 0.2) is 30.6 Å². The second kappa shape index (κ2) is 4.37. The fourth-order valence-corrected chi connectivity index (χ4v) is 1.64. The molecular formula is C12H15N3O. The molecule has 2 aromatic rings. The number of phenols is 1. The number of rotatable bonds is 3. The number of aromatic nitrogens is 2. The molecule has 0 aliphatic heterocycles. The quantitative estimate of drug-likeness (QED) is 0.824. The molecule has 2 rings (SSSR count). The van der Waals surface area contributed by atoms with Crippen LogP contribution in [0.1, 0.15) is 5.56 Å². The summed E-state index contributed by atoms with van der Waals surface area (Å²) >= 11 is 0. The van der Waals surface area contributed by atoms with Crippen molar-refractivity contribution in [3.63, 3.8) is 0 Å². The Labute approximate surface area is 94.5 Å². The van der Waals surface area contributed by atoms with Gasteiger partial charge in [0, 0.05) is 23.9 Å². The van der Waals surface area contributed by atoms with Crippen molar-refractivity contribution in [2.24, 2.45) is 0 Å². The summed E-state index contributed by atoms with van der Waals surface area (Å²) in [6, 6.07) is 5.60. The zero-order chi connectivity index (χ0) is 11.5. The van der Waals surface area contributed by atoms with Gasteiger partial charge in [-0.1, -0.05) is 6.07 Å². The van der Waals surface area contributed by atoms with Crippen LogP contribution in [0.2, 0.25) is 0 Å². The molecule has 0 saturated carbocycles. The molecule has 0 aliphatic rings. The minimum atomic E-state index is 0.334. The molecule has 1 aromatic heterocycles. The Hall–Kier alpha value is -1.81. The second-order valence-electron chi connectivity index (χ2n) is 4.07. The van der Waals surface area contributed by atoms with E-state index in [9.17, 15) is 5.11 Å². The molecule has 4 nitrogen and oxygen atoms in total. The topological polar surface area (TPSA) is 52.2 Å². The number of phenolic OH excluding ortho intramolecular Hbond substituents is 1. The minimum absolute atomic E-state index is 0.334. The third kappa shape index (κ3) is 2.23. The summed E-state index contributed by atoms with van der Waals surface area (Å²) in [5, 5.41) is 16.4. The Kier molecular flexibility index (Phi) is 2.92. The number of benzene rings is 1. The summed E-state index contributed by atoms with van der Waals surface area (Å²) in [6.45, 7) is 0.720. The van der Waals surface area contributed by atoms with Gasteiger partial charge in [-0.15, -0.1) is 0 Å². The van der Waals surface area contributed by atoms with Crippen molar-refractivity contribution in [2.75, 3.05) is 14.1 Å². The summed E-state index contributed by atoms with van der Waals surface area (Å²) in [6.07, 6.45) is 3.61. The molecule has 0 saturated heterocycles. The molecule has 0 aliphatic carbocycles. The van der Waals surface area contributed by atoms with Crippen molar-refractivity contribution >= 4 is 0 Å². The first kappa shape index (κ1) is 10.7. The van der Waals surface area contributed by atoms with E-state index < -0.39 is 0 Å². The lowest BCUT2D eigenvalue weighted by atomic mass is 10.1. The molecule has 0 spiro atoms. The molecular weight excluding hydrogens is 202 g/mol. The Balaban J connectivity index is 2.36. The molecule has 16 heavy (non-hydrogen) atoms. The Morgan fingerprint density at radius 1 is 1.31 bits per heavy atom. The van der Waals surface area contributed by atoms with E-state index in [2.05, 4.69) is 10.2 Å². The number of nitrogens with one attached hydrogen (secondary N) is 1. The van der Waals surface area contributed by atoms with Crippen LogP contribution >= 0.6 is 0 Å². The number of nitrogens with zero attached hydrogens (tertiary/aromatic N) is 2. The number of hydrogen-bond donors (Lipinski definition) is 2. The SMILES string of the molecule is CN(C)Cc1cc(-c2cn[nH]c2)ccc1O. The predicted molar refractivity (Wildman–Crippen MR) is 63.1 cm³/mol. The van der Waals surface area contributed by atoms with Gasteiger partial charge >= 0.3 is 0 Å². The van der Waals surface area contributed by atoms with E-state index in [-0.39, 0.29) is 0 Å². The lowest BCUT2D eigenvalue weighted by Gasteiger charge is -2.12. The largest absolute Gasteiger partial charge is 0.508 e. The van der Waals surface area contributed by atoms with Crippen LogP contribution in [0.5, 0.6) is 5.75 Å². The molecule has 4 heteroatoms. The highest BCUT2D eigenvalue weighted by atomic mass is 16.3. The Morgan fingerprint density at radius 2 is 2.12 bits per heavy atom. The standard InChI is InChI=1S/C12H15N3O/c1-15(2)8-10-5-9(3-4-12(10)16)11-6-13-14-7-11/h3-7,16H,8H2,1-2H3,(H,13,14). The second-order valence-corrected chi connectivity index (χ2v) is 4.07. The monoisotopic (exact) mass is 217 g/mol. The van der Waals surface area contributed by atoms with E-state index in [1.165, 1.54) is 0 Å². The van der Waals surface area contributed by atoms with E-state index in [1.54, 1.807) is 12.3 Å². The smallest absolute Gasteiger partial charge is 0.120 e. The summed E-state index contributed by atoms with van der Waals surface area (Å²) in [5.74, 6) is 0.334. The van der Waals surface area contributed by atoms with Gasteiger partial charge < -0.3 is 10.0 Å². The van der Waals surface area contributed by atoms with Crippen molar-refractivity contribution in [1.82, 2.24) is 15.1 Å². The molecule has 2 N–H and O–H groups in total. The zero-order valence-corrected chi connectivity index (χ0v) is 9.44. The van der Waals surface area contributed by atoms with Crippen LogP contribution in [-0.4, -0.2) is 34.3 Å². The van der Waals surface area contributed by atoms with Crippen LogP contribution in [0.25, 0.3) is 11.1 Å². The maximum absolute atomic E-state index is 9.73. The predicted octanol–water partition coefficient (Wildman–Crippen LogP) is 1.84. The average Bonchev–Trinajstić information content (AvgIpc) is 2.73. The molecule has 84 valence electrons. The average molecular weight is 217 g/mol. The summed E-state index contributed by atoms with van der Waals surface area (Å²) in [7, 11) is 3.95. The molecule has 0 unspecified atom stereocenters. The van der Waals surface area contributed by atoms with Gasteiger partial charge in [-0.2, -0.15) is 5.10 Å². The van der Waals surface area contributed by atoms with Gasteiger partial charge in [0.15, 0.2) is 0 Å². The summed E-state index contributed by atoms with van der Waals surface area (Å²) in [4.78, 5) is 2.02. The van der Waals surface area contributed by atoms with Crippen molar-refractivity contribution < 1.29 is 5.11 Å². The highest BCUT2D eigenvalue weighted by Gasteiger charge is 2.06. The van der Waals surface area contributed by atoms with Crippen LogP contribution in [-0.2, 0) is 6.54 Å². The first-order chi connectivity index (χ1) is 7.66. The van der Waals surface area contributed by atoms with E-state index in [0.717, 1.165) is 23.2 Å². The van der Waals surface area contributed by atoms with Gasteiger partial charge in [-0.25, -0.2) is 0 Å². The highest BCUT2D eigenvalue weighted by molar-refractivity contribution is 5.64. The summed E-state index contributed by atoms with van der Waals surface area (Å²) in [5.41, 5.74) is 3.01. The number of aromatic hydroxyl groups is 1. The van der Waals surface area contributed by atoms with E-state index in [4.69, 9.17) is 0 Å². The first-order valence-electron chi connectivity index (χ1n) is 5.12. The molecule has 1 aromatic carbocycles. The Morgan fingerprint density at radius 3 is 2.75 bits per heavy atom. The van der Waals surface area contributed by atoms with Gasteiger partial charge in [0.25, 0.3) is 0 Å². The lowest BCUT2D eigenvalue weighted by Crippen LogP contribution is -2.10. The normalized spacial score (nSPS) is 10.9. The highest BCUT2D eigenvalue weighted by Crippen LogP contribution is 2.25. The van der Waals surface area contributed by atoms with Gasteiger partial charge in [-0.3, -0.25) is 5.10 Å². The maximum atomic E-state index is 9.73. The van der Waals surface area contributed by atoms with Crippen LogP contribution in [0.3, 0.4) is 0 Å². The third-order valence-electron chi connectivity index (χ3n) is 2.40. The summed E-state index contributed by atoms with van der Waals surface area (Å²) < 4.78 is 0. The lowest BCUT2D eigenvalue weighted by molar-refractivity contribution is 0.386. The van der Waals surface area contributed by atoms with Gasteiger partial charge in [0.1, 0.15) is 5.75 Å². The number of hydrogen-bond acceptors (Lipinski definition) is 3. The number of aromatic amines is 1. The van der Waals surface area contributed by atoms with Crippen LogP contribution in [0, 0.1) is 0 Å². The fourth-order valence-electron chi connectivity index (χ4n) is 1.64. The molecule has 0 bridgehead atoms. The van der Waals surface area contributed by atoms with Crippen molar-refractivity contribution in [3.8, 4) is 16.9 Å². The van der Waals surface area contributed by atoms with Crippen LogP contribution in [0.4, 0.5) is 0 Å². The molecule has 0 atom stereocenters. The molecule has 0 fully saturated rings. The van der Waals surface area contributed by atoms with E-state index in [1.807, 2.05) is 37.3 Å². The van der Waals surface area contributed by atoms with Crippen molar-refractivity contribution in [2.45, 2.75) is 6.54 Å². The Bertz CT molecular complexity index is 463. The van der Waals surface area contributed by atoms with Gasteiger partial charge in [0.05, 0.1) is 6.20 Å². The third-order valence-corrected chi connectivity index (χ3v) is 2.40. The van der Waals surface area contributed by atoms with E-state index >= 15 is 0 Å². The number of H-pyrrole nitrogens is 1. The van der Waals surface area contributed by atoms with Crippen LogP contribution < -0.4 is 0 Å². The maximum Gasteiger partial charge on any atom is 0.120 e. The first-order valence-corrected chi connectivity index (χ1v) is 5.12. The molecule has 0 radical (unpaired) electrons. The molecule has 1 heterocycles. The molecule has 0 amide bonds. The van der Waals surface area contributed by atoms with E-state index in [0.29, 0.717) is 5.75 Å². The fraction of sp³-hybridized carbons (Fsp3) is 0.250. The zero-order valence-electron chi connectivity index (χ0n) is 9.44. The van der Waals surface area contributed by atoms with Crippen molar-refractivity contribution in [3.05, 3.63) is 36.2 Å². The van der Waals surface area contributed by atoms with Gasteiger partial charge in [-0.05, 0) is 31.8 Å².